The number of ether oxygens (including phenoxy) is 2. The molecule has 3 N–H and O–H groups in total. The molecular weight excluding hydrogens is 584 g/mol. The van der Waals surface area contributed by atoms with Gasteiger partial charge in [0.1, 0.15) is 17.8 Å². The average molecular weight is 629 g/mol. The number of unbranched alkanes of at least 4 members (excludes halogenated alkanes) is 2. The zero-order valence-electron chi connectivity index (χ0n) is 26.2. The number of nitrogens with zero attached hydrogens (tertiary/aromatic N) is 2. The fraction of sp³-hybridized carbons (Fsp3) is 0.594. The van der Waals surface area contributed by atoms with Crippen LogP contribution in [0.4, 0.5) is 0 Å². The molecule has 0 bridgehead atoms. The first-order valence-corrected chi connectivity index (χ1v) is 16.1. The van der Waals surface area contributed by atoms with Gasteiger partial charge >= 0.3 is 5.97 Å². The first kappa shape index (κ1) is 33.4. The second-order valence-electron chi connectivity index (χ2n) is 12.6. The Bertz CT molecular complexity index is 1350. The number of benzene rings is 1. The minimum Gasteiger partial charge on any atom is -0.493 e. The number of nitrogens with one attached hydrogen (secondary N) is 2. The van der Waals surface area contributed by atoms with Gasteiger partial charge in [-0.25, -0.2) is 4.98 Å². The summed E-state index contributed by atoms with van der Waals surface area (Å²) in [5.74, 6) is -0.600. The van der Waals surface area contributed by atoms with Crippen molar-refractivity contribution in [2.45, 2.75) is 96.9 Å². The fourth-order valence-corrected chi connectivity index (χ4v) is 6.52. The van der Waals surface area contributed by atoms with Crippen molar-refractivity contribution in [1.82, 2.24) is 20.5 Å². The van der Waals surface area contributed by atoms with E-state index in [1.807, 2.05) is 51.4 Å². The minimum atomic E-state index is -0.886. The number of amides is 3. The highest BCUT2D eigenvalue weighted by Crippen LogP contribution is 2.38. The Morgan fingerprint density at radius 2 is 1.93 bits per heavy atom. The second-order valence-corrected chi connectivity index (χ2v) is 13.5. The highest BCUT2D eigenvalue weighted by atomic mass is 32.1. The molecule has 1 aromatic heterocycles. The van der Waals surface area contributed by atoms with Gasteiger partial charge in [0.15, 0.2) is 0 Å². The minimum absolute atomic E-state index is 0.00875. The number of hydrogen-bond donors (Lipinski definition) is 3. The molecule has 44 heavy (non-hydrogen) atoms. The van der Waals surface area contributed by atoms with Crippen molar-refractivity contribution in [2.75, 3.05) is 20.3 Å². The molecule has 11 nitrogen and oxygen atoms in total. The van der Waals surface area contributed by atoms with Gasteiger partial charge in [-0.15, -0.1) is 11.3 Å². The molecule has 2 aromatic rings. The Morgan fingerprint density at radius 3 is 2.61 bits per heavy atom. The number of carbonyl (C=O) groups excluding carboxylic acids is 4. The van der Waals surface area contributed by atoms with Gasteiger partial charge in [-0.05, 0) is 36.8 Å². The third-order valence-electron chi connectivity index (χ3n) is 8.17. The molecule has 4 rings (SSSR count). The number of likely N-dealkylation sites (tertiary alicyclic amines) is 1. The van der Waals surface area contributed by atoms with Gasteiger partial charge in [0.05, 0.1) is 41.9 Å². The highest BCUT2D eigenvalue weighted by molar-refractivity contribution is 7.13. The lowest BCUT2D eigenvalue weighted by atomic mass is 9.85. The molecule has 0 aliphatic carbocycles. The van der Waals surface area contributed by atoms with Crippen molar-refractivity contribution in [3.05, 3.63) is 35.0 Å². The van der Waals surface area contributed by atoms with E-state index in [2.05, 4.69) is 20.4 Å². The van der Waals surface area contributed by atoms with E-state index in [-0.39, 0.29) is 43.2 Å². The van der Waals surface area contributed by atoms with Gasteiger partial charge < -0.3 is 30.1 Å². The van der Waals surface area contributed by atoms with Crippen LogP contribution in [0.2, 0.25) is 0 Å². The summed E-state index contributed by atoms with van der Waals surface area (Å²) in [6.45, 7) is 7.97. The summed E-state index contributed by atoms with van der Waals surface area (Å²) >= 11 is 1.56. The average Bonchev–Trinajstić information content (AvgIpc) is 3.59. The summed E-state index contributed by atoms with van der Waals surface area (Å²) in [6.07, 6.45) is 2.21. The van der Waals surface area contributed by atoms with E-state index in [0.29, 0.717) is 44.5 Å². The number of thiazole rings is 1. The quantitative estimate of drug-likeness (QED) is 0.252. The van der Waals surface area contributed by atoms with E-state index in [1.54, 1.807) is 11.3 Å². The third kappa shape index (κ3) is 8.15. The lowest BCUT2D eigenvalue weighted by Gasteiger charge is -2.36. The van der Waals surface area contributed by atoms with E-state index < -0.39 is 29.5 Å². The number of carbonyl (C=O) groups is 4. The molecule has 0 spiro atoms. The first-order valence-electron chi connectivity index (χ1n) is 15.2. The summed E-state index contributed by atoms with van der Waals surface area (Å²) in [5, 5.41) is 16.5. The maximum Gasteiger partial charge on any atom is 0.305 e. The van der Waals surface area contributed by atoms with Gasteiger partial charge in [-0.2, -0.15) is 0 Å². The monoisotopic (exact) mass is 628 g/mol. The van der Waals surface area contributed by atoms with E-state index in [1.165, 1.54) is 12.0 Å². The second kappa shape index (κ2) is 14.5. The number of hydrogen-bond acceptors (Lipinski definition) is 9. The van der Waals surface area contributed by atoms with E-state index in [9.17, 15) is 24.3 Å². The normalized spacial score (nSPS) is 20.3. The highest BCUT2D eigenvalue weighted by Gasteiger charge is 2.45. The maximum atomic E-state index is 13.9. The van der Waals surface area contributed by atoms with E-state index >= 15 is 0 Å². The smallest absolute Gasteiger partial charge is 0.305 e. The van der Waals surface area contributed by atoms with Crippen LogP contribution in [0.25, 0.3) is 10.4 Å². The largest absolute Gasteiger partial charge is 0.493 e. The predicted octanol–water partition coefficient (Wildman–Crippen LogP) is 3.67. The third-order valence-corrected chi connectivity index (χ3v) is 9.15. The van der Waals surface area contributed by atoms with Crippen molar-refractivity contribution in [3.63, 3.8) is 0 Å². The number of aromatic nitrogens is 1. The van der Waals surface area contributed by atoms with Gasteiger partial charge in [0, 0.05) is 37.8 Å². The van der Waals surface area contributed by atoms with Crippen LogP contribution in [-0.2, 0) is 23.9 Å². The molecule has 4 atom stereocenters. The standard InChI is InChI=1S/C32H44N4O7S/c1-19-28(44-18-33-19)20-11-12-22-23(13-14-43-25(22)15-20)34-30(40)24-16-21(37)17-36(24)31(41)29(32(2,3)4)35-26(38)9-7-6-8-10-27(39)42-5/h11-12,15,18,21,23-24,29,37H,6-10,13-14,16-17H2,1-5H3,(H,34,40)(H,35,38)/t21-,23?,24+,29-/m1/s1. The zero-order valence-corrected chi connectivity index (χ0v) is 27.0. The van der Waals surface area contributed by atoms with Crippen LogP contribution in [0.3, 0.4) is 0 Å². The predicted molar refractivity (Wildman–Crippen MR) is 166 cm³/mol. The molecule has 1 aromatic carbocycles. The van der Waals surface area contributed by atoms with E-state index in [0.717, 1.165) is 21.7 Å². The van der Waals surface area contributed by atoms with Gasteiger partial charge in [-0.1, -0.05) is 39.3 Å². The zero-order chi connectivity index (χ0) is 32.0. The van der Waals surface area contributed by atoms with Crippen LogP contribution < -0.4 is 15.4 Å². The Morgan fingerprint density at radius 1 is 1.18 bits per heavy atom. The molecule has 2 aliphatic rings. The summed E-state index contributed by atoms with van der Waals surface area (Å²) < 4.78 is 10.6. The number of aryl methyl sites for hydroxylation is 1. The Balaban J connectivity index is 1.41. The summed E-state index contributed by atoms with van der Waals surface area (Å²) in [4.78, 5) is 58.5. The molecule has 0 radical (unpaired) electrons. The number of rotatable bonds is 11. The van der Waals surface area contributed by atoms with Crippen LogP contribution in [0.1, 0.15) is 83.0 Å². The number of aliphatic hydroxyl groups is 1. The molecule has 2 aliphatic heterocycles. The lowest BCUT2D eigenvalue weighted by molar-refractivity contribution is -0.144. The van der Waals surface area contributed by atoms with E-state index in [4.69, 9.17) is 4.74 Å². The number of esters is 1. The fourth-order valence-electron chi connectivity index (χ4n) is 5.71. The maximum absolute atomic E-state index is 13.9. The summed E-state index contributed by atoms with van der Waals surface area (Å²) in [7, 11) is 1.34. The van der Waals surface area contributed by atoms with Crippen molar-refractivity contribution in [3.8, 4) is 16.2 Å². The number of methoxy groups -OCH3 is 1. The Labute approximate surface area is 262 Å². The molecule has 0 saturated carbocycles. The van der Waals surface area contributed by atoms with Crippen LogP contribution in [0.15, 0.2) is 23.7 Å². The molecule has 1 fully saturated rings. The molecule has 12 heteroatoms. The Hall–Kier alpha value is -3.51. The van der Waals surface area contributed by atoms with Gasteiger partial charge in [-0.3, -0.25) is 19.2 Å². The van der Waals surface area contributed by atoms with Crippen molar-refractivity contribution < 1.29 is 33.8 Å². The van der Waals surface area contributed by atoms with Crippen molar-refractivity contribution in [2.24, 2.45) is 5.41 Å². The molecule has 1 saturated heterocycles. The first-order chi connectivity index (χ1) is 20.9. The molecular formula is C32H44N4O7S. The number of aliphatic hydroxyl groups excluding tert-OH is 1. The summed E-state index contributed by atoms with van der Waals surface area (Å²) in [6, 6.07) is 3.86. The van der Waals surface area contributed by atoms with Crippen molar-refractivity contribution >= 4 is 35.0 Å². The SMILES string of the molecule is COC(=O)CCCCCC(=O)N[C@H](C(=O)N1C[C@H](O)C[C@H]1C(=O)NC1CCOc2cc(-c3scnc3C)ccc21)C(C)(C)C. The Kier molecular flexibility index (Phi) is 11.0. The van der Waals surface area contributed by atoms with Crippen LogP contribution in [0.5, 0.6) is 5.75 Å². The molecule has 240 valence electrons. The molecule has 1 unspecified atom stereocenters. The molecule has 3 amide bonds. The number of fused-ring (bicyclic) bond motifs is 1. The number of β-amino-alcohol motifs (C(OH)–C–C–N with tert-alkyl or cyclic N) is 1. The van der Waals surface area contributed by atoms with Crippen LogP contribution in [-0.4, -0.2) is 77.1 Å². The van der Waals surface area contributed by atoms with Crippen LogP contribution in [0, 0.1) is 12.3 Å². The lowest BCUT2D eigenvalue weighted by Crippen LogP contribution is -2.58. The summed E-state index contributed by atoms with van der Waals surface area (Å²) in [5.41, 5.74) is 3.98. The van der Waals surface area contributed by atoms with Gasteiger partial charge in [0.25, 0.3) is 0 Å². The molecule has 3 heterocycles. The van der Waals surface area contributed by atoms with Crippen molar-refractivity contribution in [1.29, 1.82) is 0 Å². The topological polar surface area (TPSA) is 147 Å². The van der Waals surface area contributed by atoms with Crippen LogP contribution >= 0.6 is 11.3 Å². The van der Waals surface area contributed by atoms with Gasteiger partial charge in [0.2, 0.25) is 17.7 Å².